The number of β-amino-alcohol motifs (C(OH)–C–C–N with tert-alkyl or cyclic N) is 1. The number of nitrogens with zero attached hydrogens (tertiary/aromatic N) is 1. The number of thioether (sulfide) groups is 1. The summed E-state index contributed by atoms with van der Waals surface area (Å²) >= 11 is 1.71. The molecular formula is C31H38N2O5S. The van der Waals surface area contributed by atoms with Gasteiger partial charge in [-0.25, -0.2) is 0 Å². The highest BCUT2D eigenvalue weighted by Crippen LogP contribution is 2.35. The second-order valence-electron chi connectivity index (χ2n) is 9.93. The van der Waals surface area contributed by atoms with Crippen LogP contribution < -0.4 is 19.7 Å². The van der Waals surface area contributed by atoms with E-state index in [-0.39, 0.29) is 12.0 Å². The first-order valence-electron chi connectivity index (χ1n) is 13.6. The lowest BCUT2D eigenvalue weighted by molar-refractivity contribution is -0.0328. The van der Waals surface area contributed by atoms with Gasteiger partial charge in [0.1, 0.15) is 23.9 Å². The number of anilines is 1. The van der Waals surface area contributed by atoms with Crippen LogP contribution in [-0.2, 0) is 16.1 Å². The smallest absolute Gasteiger partial charge is 0.142 e. The summed E-state index contributed by atoms with van der Waals surface area (Å²) in [6, 6.07) is 22.3. The van der Waals surface area contributed by atoms with Gasteiger partial charge >= 0.3 is 0 Å². The standard InChI is InChI=1S/C31H38N2O5S/c1-35-16-3-14-33-15-17-36-29-13-4-22(18-27(29)33)21-37-30-20-32-19-28(34)31(30)23-5-7-24(8-6-23)38-25-9-11-26(39-2)12-10-25/h4-13,18,28,30-32,34H,3,14-17,19-21H2,1-2H3/t28-,30+,31+/m1/s1. The van der Waals surface area contributed by atoms with Crippen molar-refractivity contribution in [2.75, 3.05) is 57.7 Å². The fraction of sp³-hybridized carbons (Fsp3) is 0.419. The summed E-state index contributed by atoms with van der Waals surface area (Å²) in [5.41, 5.74) is 3.24. The second-order valence-corrected chi connectivity index (χ2v) is 10.8. The third-order valence-corrected chi connectivity index (χ3v) is 8.04. The van der Waals surface area contributed by atoms with Crippen molar-refractivity contribution in [3.63, 3.8) is 0 Å². The maximum atomic E-state index is 10.9. The van der Waals surface area contributed by atoms with Gasteiger partial charge < -0.3 is 34.3 Å². The van der Waals surface area contributed by atoms with Gasteiger partial charge in [0.15, 0.2) is 0 Å². The summed E-state index contributed by atoms with van der Waals surface area (Å²) in [5, 5.41) is 14.2. The molecule has 2 aliphatic heterocycles. The van der Waals surface area contributed by atoms with Crippen molar-refractivity contribution in [1.29, 1.82) is 0 Å². The van der Waals surface area contributed by atoms with Gasteiger partial charge in [-0.05, 0) is 72.3 Å². The molecule has 7 nitrogen and oxygen atoms in total. The Bertz CT molecular complexity index is 1190. The molecule has 0 aliphatic carbocycles. The number of ether oxygens (including phenoxy) is 4. The van der Waals surface area contributed by atoms with Crippen LogP contribution in [-0.4, -0.2) is 70.1 Å². The van der Waals surface area contributed by atoms with Crippen molar-refractivity contribution in [3.8, 4) is 17.2 Å². The zero-order valence-corrected chi connectivity index (χ0v) is 23.5. The Hall–Kier alpha value is -2.75. The number of aliphatic hydroxyl groups excluding tert-OH is 1. The molecule has 8 heteroatoms. The van der Waals surface area contributed by atoms with E-state index in [9.17, 15) is 5.11 Å². The van der Waals surface area contributed by atoms with Crippen LogP contribution in [0.1, 0.15) is 23.5 Å². The number of hydrogen-bond acceptors (Lipinski definition) is 8. The van der Waals surface area contributed by atoms with Crippen molar-refractivity contribution in [3.05, 3.63) is 77.9 Å². The molecule has 0 saturated carbocycles. The second kappa shape index (κ2) is 13.5. The molecule has 0 aromatic heterocycles. The molecule has 0 unspecified atom stereocenters. The summed E-state index contributed by atoms with van der Waals surface area (Å²) in [6.07, 6.45) is 2.33. The van der Waals surface area contributed by atoms with Crippen molar-refractivity contribution >= 4 is 17.4 Å². The number of piperidine rings is 1. The average Bonchev–Trinajstić information content (AvgIpc) is 2.97. The van der Waals surface area contributed by atoms with Crippen molar-refractivity contribution in [2.45, 2.75) is 36.0 Å². The van der Waals surface area contributed by atoms with E-state index < -0.39 is 6.10 Å². The van der Waals surface area contributed by atoms with Crippen LogP contribution in [0.3, 0.4) is 0 Å². The summed E-state index contributed by atoms with van der Waals surface area (Å²) < 4.78 is 23.6. The van der Waals surface area contributed by atoms with Crippen LogP contribution in [0.15, 0.2) is 71.6 Å². The van der Waals surface area contributed by atoms with E-state index in [2.05, 4.69) is 40.7 Å². The molecule has 3 aromatic carbocycles. The highest BCUT2D eigenvalue weighted by molar-refractivity contribution is 7.98. The highest BCUT2D eigenvalue weighted by Gasteiger charge is 2.34. The number of rotatable bonds is 11. The molecule has 0 amide bonds. The first-order valence-corrected chi connectivity index (χ1v) is 14.8. The Morgan fingerprint density at radius 2 is 1.79 bits per heavy atom. The first kappa shape index (κ1) is 27.8. The normalized spacial score (nSPS) is 20.8. The molecule has 0 bridgehead atoms. The van der Waals surface area contributed by atoms with Gasteiger partial charge in [-0.15, -0.1) is 11.8 Å². The van der Waals surface area contributed by atoms with E-state index in [1.807, 2.05) is 42.5 Å². The van der Waals surface area contributed by atoms with E-state index in [0.717, 1.165) is 60.2 Å². The van der Waals surface area contributed by atoms with Gasteiger partial charge in [0, 0.05) is 44.2 Å². The van der Waals surface area contributed by atoms with E-state index >= 15 is 0 Å². The van der Waals surface area contributed by atoms with E-state index in [4.69, 9.17) is 18.9 Å². The highest BCUT2D eigenvalue weighted by atomic mass is 32.2. The fourth-order valence-electron chi connectivity index (χ4n) is 5.26. The molecule has 1 fully saturated rings. The first-order chi connectivity index (χ1) is 19.1. The monoisotopic (exact) mass is 550 g/mol. The Kier molecular flexibility index (Phi) is 9.66. The van der Waals surface area contributed by atoms with Crippen LogP contribution in [0.25, 0.3) is 0 Å². The molecule has 2 N–H and O–H groups in total. The summed E-state index contributed by atoms with van der Waals surface area (Å²) in [6.45, 7) is 4.91. The van der Waals surface area contributed by atoms with Crippen LogP contribution in [0, 0.1) is 0 Å². The zero-order valence-electron chi connectivity index (χ0n) is 22.7. The third kappa shape index (κ3) is 7.07. The average molecular weight is 551 g/mol. The topological polar surface area (TPSA) is 72.4 Å². The van der Waals surface area contributed by atoms with E-state index in [0.29, 0.717) is 26.3 Å². The largest absolute Gasteiger partial charge is 0.490 e. The minimum atomic E-state index is -0.539. The van der Waals surface area contributed by atoms with Crippen LogP contribution >= 0.6 is 11.8 Å². The van der Waals surface area contributed by atoms with Crippen molar-refractivity contribution in [2.24, 2.45) is 0 Å². The maximum Gasteiger partial charge on any atom is 0.142 e. The fourth-order valence-corrected chi connectivity index (χ4v) is 5.66. The Morgan fingerprint density at radius 1 is 1.03 bits per heavy atom. The zero-order chi connectivity index (χ0) is 27.0. The minimum absolute atomic E-state index is 0.132. The molecule has 2 heterocycles. The lowest BCUT2D eigenvalue weighted by Crippen LogP contribution is -2.49. The Morgan fingerprint density at radius 3 is 2.54 bits per heavy atom. The van der Waals surface area contributed by atoms with Gasteiger partial charge in [-0.3, -0.25) is 0 Å². The van der Waals surface area contributed by atoms with Gasteiger partial charge in [-0.2, -0.15) is 0 Å². The number of fused-ring (bicyclic) bond motifs is 1. The molecule has 5 rings (SSSR count). The predicted molar refractivity (Wildman–Crippen MR) is 156 cm³/mol. The molecule has 0 radical (unpaired) electrons. The molecule has 208 valence electrons. The third-order valence-electron chi connectivity index (χ3n) is 7.30. The van der Waals surface area contributed by atoms with Crippen LogP contribution in [0.4, 0.5) is 5.69 Å². The molecule has 3 atom stereocenters. The summed E-state index contributed by atoms with van der Waals surface area (Å²) in [7, 11) is 1.74. The van der Waals surface area contributed by atoms with E-state index in [1.54, 1.807) is 18.9 Å². The summed E-state index contributed by atoms with van der Waals surface area (Å²) in [5.74, 6) is 2.35. The Balaban J connectivity index is 1.24. The lowest BCUT2D eigenvalue weighted by atomic mass is 9.85. The van der Waals surface area contributed by atoms with E-state index in [1.165, 1.54) is 4.90 Å². The number of hydrogen-bond donors (Lipinski definition) is 2. The quantitative estimate of drug-likeness (QED) is 0.253. The predicted octanol–water partition coefficient (Wildman–Crippen LogP) is 5.07. The van der Waals surface area contributed by atoms with Crippen LogP contribution in [0.2, 0.25) is 0 Å². The van der Waals surface area contributed by atoms with Gasteiger partial charge in [0.2, 0.25) is 0 Å². The Labute approximate surface area is 235 Å². The molecular weight excluding hydrogens is 512 g/mol. The number of aliphatic hydroxyl groups is 1. The summed E-state index contributed by atoms with van der Waals surface area (Å²) in [4.78, 5) is 3.56. The lowest BCUT2D eigenvalue weighted by Gasteiger charge is -2.36. The number of nitrogens with one attached hydrogen (secondary N) is 1. The molecule has 2 aliphatic rings. The van der Waals surface area contributed by atoms with Gasteiger partial charge in [-0.1, -0.05) is 18.2 Å². The number of benzene rings is 3. The van der Waals surface area contributed by atoms with Crippen LogP contribution in [0.5, 0.6) is 17.2 Å². The SMILES string of the molecule is COCCCN1CCOc2ccc(CO[C@H]3CNC[C@@H](O)[C@@H]3c3ccc(Oc4ccc(SC)cc4)cc3)cc21. The maximum absolute atomic E-state index is 10.9. The van der Waals surface area contributed by atoms with Crippen molar-refractivity contribution < 1.29 is 24.1 Å². The number of methoxy groups -OCH3 is 1. The molecule has 3 aromatic rings. The molecule has 1 saturated heterocycles. The van der Waals surface area contributed by atoms with Crippen molar-refractivity contribution in [1.82, 2.24) is 5.32 Å². The minimum Gasteiger partial charge on any atom is -0.490 e. The van der Waals surface area contributed by atoms with Gasteiger partial charge in [0.25, 0.3) is 0 Å². The molecule has 39 heavy (non-hydrogen) atoms. The molecule has 0 spiro atoms. The van der Waals surface area contributed by atoms with Gasteiger partial charge in [0.05, 0.1) is 31.0 Å².